The van der Waals surface area contributed by atoms with Crippen LogP contribution in [0, 0.1) is 0 Å². The molecule has 2 N–H and O–H groups in total. The van der Waals surface area contributed by atoms with Gasteiger partial charge in [-0.25, -0.2) is 0 Å². The lowest BCUT2D eigenvalue weighted by molar-refractivity contribution is -0.137. The van der Waals surface area contributed by atoms with Crippen molar-refractivity contribution in [1.82, 2.24) is 0 Å². The van der Waals surface area contributed by atoms with Crippen LogP contribution in [0.2, 0.25) is 5.02 Å². The van der Waals surface area contributed by atoms with E-state index >= 15 is 0 Å². The quantitative estimate of drug-likeness (QED) is 0.810. The number of anilines is 1. The minimum absolute atomic E-state index is 0.0452. The number of halogens is 4. The summed E-state index contributed by atoms with van der Waals surface area (Å²) >= 11 is 5.80. The average Bonchev–Trinajstić information content (AvgIpc) is 2.34. The van der Waals surface area contributed by atoms with Crippen molar-refractivity contribution >= 4 is 17.3 Å². The van der Waals surface area contributed by atoms with Crippen LogP contribution in [-0.2, 0) is 6.18 Å². The number of ether oxygens (including phenoxy) is 1. The van der Waals surface area contributed by atoms with Crippen molar-refractivity contribution in [2.45, 2.75) is 6.18 Å². The first-order chi connectivity index (χ1) is 8.88. The number of nitrogen functional groups attached to an aromatic ring is 1. The molecule has 0 radical (unpaired) electrons. The molecule has 0 bridgehead atoms. The third kappa shape index (κ3) is 3.12. The molecule has 19 heavy (non-hydrogen) atoms. The highest BCUT2D eigenvalue weighted by Gasteiger charge is 2.30. The number of hydrogen-bond donors (Lipinski definition) is 1. The van der Waals surface area contributed by atoms with Crippen LogP contribution in [0.4, 0.5) is 18.9 Å². The summed E-state index contributed by atoms with van der Waals surface area (Å²) < 4.78 is 43.0. The fraction of sp³-hybridized carbons (Fsp3) is 0.0769. The molecule has 0 aliphatic carbocycles. The summed E-state index contributed by atoms with van der Waals surface area (Å²) in [4.78, 5) is 0. The number of alkyl halides is 3. The molecule has 0 saturated carbocycles. The molecular weight excluding hydrogens is 279 g/mol. The summed E-state index contributed by atoms with van der Waals surface area (Å²) in [7, 11) is 0. The van der Waals surface area contributed by atoms with Crippen LogP contribution in [-0.4, -0.2) is 0 Å². The smallest absolute Gasteiger partial charge is 0.416 e. The van der Waals surface area contributed by atoms with E-state index in [2.05, 4.69) is 0 Å². The zero-order valence-electron chi connectivity index (χ0n) is 9.54. The predicted molar refractivity (Wildman–Crippen MR) is 67.4 cm³/mol. The van der Waals surface area contributed by atoms with Gasteiger partial charge in [0.15, 0.2) is 5.75 Å². The first kappa shape index (κ1) is 13.5. The topological polar surface area (TPSA) is 35.2 Å². The number of rotatable bonds is 2. The largest absolute Gasteiger partial charge is 0.455 e. The highest BCUT2D eigenvalue weighted by Crippen LogP contribution is 2.35. The van der Waals surface area contributed by atoms with E-state index in [1.54, 1.807) is 12.1 Å². The lowest BCUT2D eigenvalue weighted by atomic mass is 10.2. The molecule has 0 atom stereocenters. The molecule has 2 aromatic rings. The standard InChI is InChI=1S/C13H9ClF3NO/c14-10-5-2-6-11(12(10)18)19-9-4-1-3-8(7-9)13(15,16)17/h1-7H,18H2. The van der Waals surface area contributed by atoms with Crippen molar-refractivity contribution in [2.24, 2.45) is 0 Å². The van der Waals surface area contributed by atoms with Crippen LogP contribution < -0.4 is 10.5 Å². The van der Waals surface area contributed by atoms with Crippen molar-refractivity contribution in [3.63, 3.8) is 0 Å². The third-order valence-corrected chi connectivity index (χ3v) is 2.73. The number of para-hydroxylation sites is 1. The molecule has 0 unspecified atom stereocenters. The number of benzene rings is 2. The van der Waals surface area contributed by atoms with Gasteiger partial charge in [-0.1, -0.05) is 23.7 Å². The average molecular weight is 288 g/mol. The second-order valence-electron chi connectivity index (χ2n) is 3.78. The van der Waals surface area contributed by atoms with Crippen LogP contribution in [0.15, 0.2) is 42.5 Å². The molecule has 6 heteroatoms. The van der Waals surface area contributed by atoms with E-state index in [1.807, 2.05) is 0 Å². The number of hydrogen-bond acceptors (Lipinski definition) is 2. The molecule has 0 fully saturated rings. The Morgan fingerprint density at radius 2 is 1.74 bits per heavy atom. The van der Waals surface area contributed by atoms with Crippen LogP contribution in [0.5, 0.6) is 11.5 Å². The van der Waals surface area contributed by atoms with Crippen molar-refractivity contribution in [1.29, 1.82) is 0 Å². The molecule has 0 amide bonds. The lowest BCUT2D eigenvalue weighted by Gasteiger charge is -2.11. The minimum Gasteiger partial charge on any atom is -0.455 e. The Hall–Kier alpha value is -1.88. The Morgan fingerprint density at radius 3 is 2.42 bits per heavy atom. The Labute approximate surface area is 112 Å². The third-order valence-electron chi connectivity index (χ3n) is 2.40. The van der Waals surface area contributed by atoms with Crippen LogP contribution in [0.1, 0.15) is 5.56 Å². The molecule has 0 saturated heterocycles. The maximum Gasteiger partial charge on any atom is 0.416 e. The lowest BCUT2D eigenvalue weighted by Crippen LogP contribution is -2.04. The highest BCUT2D eigenvalue weighted by atomic mass is 35.5. The van der Waals surface area contributed by atoms with Gasteiger partial charge in [-0.2, -0.15) is 13.2 Å². The first-order valence-electron chi connectivity index (χ1n) is 5.27. The Morgan fingerprint density at radius 1 is 1.05 bits per heavy atom. The molecule has 0 aliphatic heterocycles. The fourth-order valence-corrected chi connectivity index (χ4v) is 1.63. The molecule has 0 heterocycles. The van der Waals surface area contributed by atoms with E-state index in [0.29, 0.717) is 0 Å². The SMILES string of the molecule is Nc1c(Cl)cccc1Oc1cccc(C(F)(F)F)c1. The van der Waals surface area contributed by atoms with Crippen molar-refractivity contribution in [3.05, 3.63) is 53.1 Å². The van der Waals surface area contributed by atoms with Gasteiger partial charge in [-0.3, -0.25) is 0 Å². The Balaban J connectivity index is 2.31. The Kier molecular flexibility index (Phi) is 3.57. The highest BCUT2D eigenvalue weighted by molar-refractivity contribution is 6.33. The molecular formula is C13H9ClF3NO. The van der Waals surface area contributed by atoms with Gasteiger partial charge < -0.3 is 10.5 Å². The van der Waals surface area contributed by atoms with Gasteiger partial charge in [0.05, 0.1) is 16.3 Å². The molecule has 100 valence electrons. The van der Waals surface area contributed by atoms with E-state index in [1.165, 1.54) is 18.2 Å². The van der Waals surface area contributed by atoms with E-state index in [4.69, 9.17) is 22.1 Å². The monoisotopic (exact) mass is 287 g/mol. The fourth-order valence-electron chi connectivity index (χ4n) is 1.47. The van der Waals surface area contributed by atoms with E-state index in [-0.39, 0.29) is 22.2 Å². The molecule has 2 rings (SSSR count). The van der Waals surface area contributed by atoms with Gasteiger partial charge in [-0.05, 0) is 30.3 Å². The molecule has 0 aliphatic rings. The van der Waals surface area contributed by atoms with Crippen LogP contribution in [0.3, 0.4) is 0 Å². The van der Waals surface area contributed by atoms with Gasteiger partial charge in [0.2, 0.25) is 0 Å². The summed E-state index contributed by atoms with van der Waals surface area (Å²) in [6, 6.07) is 9.24. The second-order valence-corrected chi connectivity index (χ2v) is 4.19. The molecule has 0 aromatic heterocycles. The van der Waals surface area contributed by atoms with E-state index < -0.39 is 11.7 Å². The number of nitrogens with two attached hydrogens (primary N) is 1. The first-order valence-corrected chi connectivity index (χ1v) is 5.65. The maximum atomic E-state index is 12.5. The molecule has 2 nitrogen and oxygen atoms in total. The zero-order valence-corrected chi connectivity index (χ0v) is 10.3. The summed E-state index contributed by atoms with van der Waals surface area (Å²) in [5.41, 5.74) is 5.07. The summed E-state index contributed by atoms with van der Waals surface area (Å²) in [5.74, 6) is 0.260. The van der Waals surface area contributed by atoms with Gasteiger partial charge in [-0.15, -0.1) is 0 Å². The predicted octanol–water partition coefficient (Wildman–Crippen LogP) is 4.73. The maximum absolute atomic E-state index is 12.5. The molecule has 2 aromatic carbocycles. The normalized spacial score (nSPS) is 11.4. The molecule has 0 spiro atoms. The van der Waals surface area contributed by atoms with Gasteiger partial charge in [0.1, 0.15) is 5.75 Å². The summed E-state index contributed by atoms with van der Waals surface area (Å²) in [5, 5.41) is 0.282. The van der Waals surface area contributed by atoms with Crippen molar-refractivity contribution < 1.29 is 17.9 Å². The van der Waals surface area contributed by atoms with Gasteiger partial charge in [0.25, 0.3) is 0 Å². The van der Waals surface area contributed by atoms with Gasteiger partial charge in [0, 0.05) is 0 Å². The zero-order chi connectivity index (χ0) is 14.0. The second kappa shape index (κ2) is 5.01. The van der Waals surface area contributed by atoms with E-state index in [9.17, 15) is 13.2 Å². The van der Waals surface area contributed by atoms with E-state index in [0.717, 1.165) is 12.1 Å². The van der Waals surface area contributed by atoms with Crippen LogP contribution >= 0.6 is 11.6 Å². The summed E-state index contributed by atoms with van der Waals surface area (Å²) in [6.45, 7) is 0. The summed E-state index contributed by atoms with van der Waals surface area (Å²) in [6.07, 6.45) is -4.42. The van der Waals surface area contributed by atoms with Gasteiger partial charge >= 0.3 is 6.18 Å². The van der Waals surface area contributed by atoms with Crippen molar-refractivity contribution in [2.75, 3.05) is 5.73 Å². The van der Waals surface area contributed by atoms with Crippen LogP contribution in [0.25, 0.3) is 0 Å². The van der Waals surface area contributed by atoms with Crippen molar-refractivity contribution in [3.8, 4) is 11.5 Å². The minimum atomic E-state index is -4.42. The Bertz CT molecular complexity index is 599.